The van der Waals surface area contributed by atoms with Crippen molar-refractivity contribution in [3.63, 3.8) is 0 Å². The Morgan fingerprint density at radius 1 is 1.82 bits per heavy atom. The van der Waals surface area contributed by atoms with Gasteiger partial charge in [0.25, 0.3) is 0 Å². The normalized spacial score (nSPS) is 8.91. The van der Waals surface area contributed by atoms with Crippen molar-refractivity contribution < 1.29 is 4.79 Å². The molecule has 0 aliphatic heterocycles. The van der Waals surface area contributed by atoms with Gasteiger partial charge in [-0.3, -0.25) is 9.48 Å². The van der Waals surface area contributed by atoms with Crippen molar-refractivity contribution >= 4 is 38.7 Å². The van der Waals surface area contributed by atoms with Crippen LogP contribution in [-0.4, -0.2) is 15.6 Å². The molecule has 1 heterocycles. The van der Waals surface area contributed by atoms with Crippen LogP contribution in [0.1, 0.15) is 6.92 Å². The highest BCUT2D eigenvalue weighted by Gasteiger charge is 1.96. The molecule has 0 saturated heterocycles. The van der Waals surface area contributed by atoms with E-state index in [4.69, 9.17) is 0 Å². The zero-order chi connectivity index (χ0) is 7.56. The first-order valence-corrected chi connectivity index (χ1v) is 3.65. The predicted octanol–water partition coefficient (Wildman–Crippen LogP) is 1.81. The van der Waals surface area contributed by atoms with Crippen LogP contribution >= 0.6 is 32.9 Å². The Hall–Kier alpha value is -0.160. The van der Waals surface area contributed by atoms with E-state index in [1.165, 1.54) is 6.92 Å². The molecule has 5 heteroatoms. The van der Waals surface area contributed by atoms with E-state index in [2.05, 4.69) is 21.0 Å². The lowest BCUT2D eigenvalue weighted by Gasteiger charge is -1.92. The van der Waals surface area contributed by atoms with E-state index in [1.54, 1.807) is 17.1 Å². The summed E-state index contributed by atoms with van der Waals surface area (Å²) in [6.07, 6.45) is 3.42. The standard InChI is InChI=1S/C6H7BrN2O.BrH/c1-5(10)3-9-4-6(7)2-8-9;/h2,4H,3H2,1H3;1H. The SMILES string of the molecule is Br.CC(=O)Cn1cc(Br)cn1. The van der Waals surface area contributed by atoms with Crippen molar-refractivity contribution in [2.24, 2.45) is 0 Å². The second-order valence-corrected chi connectivity index (χ2v) is 2.97. The zero-order valence-electron chi connectivity index (χ0n) is 5.95. The smallest absolute Gasteiger partial charge is 0.151 e. The molecule has 1 aromatic rings. The first-order valence-electron chi connectivity index (χ1n) is 2.86. The maximum absolute atomic E-state index is 10.5. The van der Waals surface area contributed by atoms with Crippen LogP contribution in [0.25, 0.3) is 0 Å². The fraction of sp³-hybridized carbons (Fsp3) is 0.333. The molecule has 3 nitrogen and oxygen atoms in total. The molecule has 0 radical (unpaired) electrons. The summed E-state index contributed by atoms with van der Waals surface area (Å²) in [5.41, 5.74) is 0. The van der Waals surface area contributed by atoms with Crippen LogP contribution in [0.5, 0.6) is 0 Å². The monoisotopic (exact) mass is 282 g/mol. The Morgan fingerprint density at radius 3 is 2.82 bits per heavy atom. The Kier molecular flexibility index (Phi) is 4.60. The molecule has 0 atom stereocenters. The topological polar surface area (TPSA) is 34.9 Å². The second kappa shape index (κ2) is 4.66. The van der Waals surface area contributed by atoms with Gasteiger partial charge in [0.05, 0.1) is 17.2 Å². The minimum atomic E-state index is 0. The van der Waals surface area contributed by atoms with E-state index in [0.717, 1.165) is 4.47 Å². The van der Waals surface area contributed by atoms with E-state index in [0.29, 0.717) is 6.54 Å². The van der Waals surface area contributed by atoms with Gasteiger partial charge in [-0.1, -0.05) is 0 Å². The summed E-state index contributed by atoms with van der Waals surface area (Å²) >= 11 is 3.23. The average Bonchev–Trinajstić information content (AvgIpc) is 2.13. The third kappa shape index (κ3) is 3.67. The first-order chi connectivity index (χ1) is 4.68. The number of rotatable bonds is 2. The lowest BCUT2D eigenvalue weighted by molar-refractivity contribution is -0.117. The van der Waals surface area contributed by atoms with E-state index in [-0.39, 0.29) is 22.8 Å². The summed E-state index contributed by atoms with van der Waals surface area (Å²) in [4.78, 5) is 10.5. The highest BCUT2D eigenvalue weighted by Crippen LogP contribution is 2.05. The van der Waals surface area contributed by atoms with Crippen molar-refractivity contribution in [1.82, 2.24) is 9.78 Å². The predicted molar refractivity (Wildman–Crippen MR) is 50.9 cm³/mol. The molecule has 0 aliphatic carbocycles. The van der Waals surface area contributed by atoms with Gasteiger partial charge in [0, 0.05) is 6.20 Å². The molecule has 1 aromatic heterocycles. The van der Waals surface area contributed by atoms with Gasteiger partial charge in [-0.05, 0) is 22.9 Å². The maximum Gasteiger partial charge on any atom is 0.151 e. The van der Waals surface area contributed by atoms with Crippen LogP contribution < -0.4 is 0 Å². The minimum absolute atomic E-state index is 0. The molecule has 0 aromatic carbocycles. The molecular weight excluding hydrogens is 276 g/mol. The Labute approximate surface area is 83.7 Å². The second-order valence-electron chi connectivity index (χ2n) is 2.06. The number of carbonyl (C=O) groups is 1. The quantitative estimate of drug-likeness (QED) is 0.830. The summed E-state index contributed by atoms with van der Waals surface area (Å²) in [5, 5.41) is 3.90. The molecule has 1 rings (SSSR count). The molecule has 0 N–H and O–H groups in total. The molecule has 0 amide bonds. The molecule has 62 valence electrons. The van der Waals surface area contributed by atoms with Crippen molar-refractivity contribution in [3.8, 4) is 0 Å². The molecule has 0 aliphatic rings. The number of aromatic nitrogens is 2. The van der Waals surface area contributed by atoms with Gasteiger partial charge < -0.3 is 0 Å². The average molecular weight is 284 g/mol. The largest absolute Gasteiger partial charge is 0.298 e. The van der Waals surface area contributed by atoms with Crippen LogP contribution in [0.3, 0.4) is 0 Å². The maximum atomic E-state index is 10.5. The van der Waals surface area contributed by atoms with Gasteiger partial charge in [0.1, 0.15) is 0 Å². The summed E-state index contributed by atoms with van der Waals surface area (Å²) in [6.45, 7) is 1.89. The summed E-state index contributed by atoms with van der Waals surface area (Å²) in [5.74, 6) is 0.107. The van der Waals surface area contributed by atoms with Crippen molar-refractivity contribution in [2.75, 3.05) is 0 Å². The van der Waals surface area contributed by atoms with Gasteiger partial charge >= 0.3 is 0 Å². The number of nitrogens with zero attached hydrogens (tertiary/aromatic N) is 2. The van der Waals surface area contributed by atoms with Gasteiger partial charge in [-0.25, -0.2) is 0 Å². The fourth-order valence-corrected chi connectivity index (χ4v) is 0.981. The third-order valence-corrected chi connectivity index (χ3v) is 1.40. The summed E-state index contributed by atoms with van der Waals surface area (Å²) in [7, 11) is 0. The summed E-state index contributed by atoms with van der Waals surface area (Å²) < 4.78 is 2.49. The fourth-order valence-electron chi connectivity index (χ4n) is 0.653. The minimum Gasteiger partial charge on any atom is -0.298 e. The lowest BCUT2D eigenvalue weighted by atomic mass is 10.4. The van der Waals surface area contributed by atoms with Crippen molar-refractivity contribution in [3.05, 3.63) is 16.9 Å². The van der Waals surface area contributed by atoms with E-state index in [9.17, 15) is 4.79 Å². The molecule has 0 unspecified atom stereocenters. The molecule has 0 bridgehead atoms. The zero-order valence-corrected chi connectivity index (χ0v) is 9.25. The first kappa shape index (κ1) is 10.8. The van der Waals surface area contributed by atoms with Gasteiger partial charge in [-0.15, -0.1) is 17.0 Å². The van der Waals surface area contributed by atoms with Gasteiger partial charge in [0.15, 0.2) is 5.78 Å². The Bertz CT molecular complexity index is 246. The van der Waals surface area contributed by atoms with Crippen LogP contribution in [0.15, 0.2) is 16.9 Å². The number of carbonyl (C=O) groups excluding carboxylic acids is 1. The lowest BCUT2D eigenvalue weighted by Crippen LogP contribution is -2.05. The third-order valence-electron chi connectivity index (χ3n) is 0.986. The molecule has 0 fully saturated rings. The number of Topliss-reactive ketones (excluding diaryl/α,β-unsaturated/α-hetero) is 1. The highest BCUT2D eigenvalue weighted by molar-refractivity contribution is 9.10. The van der Waals surface area contributed by atoms with Crippen molar-refractivity contribution in [1.29, 1.82) is 0 Å². The van der Waals surface area contributed by atoms with Crippen LogP contribution in [0.4, 0.5) is 0 Å². The van der Waals surface area contributed by atoms with E-state index < -0.39 is 0 Å². The van der Waals surface area contributed by atoms with Crippen LogP contribution in [0.2, 0.25) is 0 Å². The molecule has 0 saturated carbocycles. The molecular formula is C6H8Br2N2O. The summed E-state index contributed by atoms with van der Waals surface area (Å²) in [6, 6.07) is 0. The molecule has 11 heavy (non-hydrogen) atoms. The van der Waals surface area contributed by atoms with Gasteiger partial charge in [0.2, 0.25) is 0 Å². The van der Waals surface area contributed by atoms with E-state index >= 15 is 0 Å². The molecule has 0 spiro atoms. The van der Waals surface area contributed by atoms with Crippen molar-refractivity contribution in [2.45, 2.75) is 13.5 Å². The number of hydrogen-bond donors (Lipinski definition) is 0. The number of halogens is 2. The number of ketones is 1. The van der Waals surface area contributed by atoms with Gasteiger partial charge in [-0.2, -0.15) is 5.10 Å². The highest BCUT2D eigenvalue weighted by atomic mass is 79.9. The Morgan fingerprint density at radius 2 is 2.45 bits per heavy atom. The number of hydrogen-bond acceptors (Lipinski definition) is 2. The van der Waals surface area contributed by atoms with E-state index in [1.807, 2.05) is 0 Å². The Balaban J connectivity index is 0.000001000. The van der Waals surface area contributed by atoms with Crippen LogP contribution in [0, 0.1) is 0 Å². The van der Waals surface area contributed by atoms with Crippen LogP contribution in [-0.2, 0) is 11.3 Å².